The van der Waals surface area contributed by atoms with Crippen molar-refractivity contribution in [3.8, 4) is 11.5 Å². The highest BCUT2D eigenvalue weighted by molar-refractivity contribution is 5.95. The van der Waals surface area contributed by atoms with E-state index in [4.69, 9.17) is 9.47 Å². The topological polar surface area (TPSA) is 42.0 Å². The third-order valence-electron chi connectivity index (χ3n) is 6.58. The lowest BCUT2D eigenvalue weighted by Gasteiger charge is -2.31. The first-order valence-electron chi connectivity index (χ1n) is 11.1. The fourth-order valence-corrected chi connectivity index (χ4v) is 4.96. The number of ether oxygens (including phenoxy) is 2. The van der Waals surface area contributed by atoms with E-state index < -0.39 is 0 Å². The minimum Gasteiger partial charge on any atom is -0.493 e. The van der Waals surface area contributed by atoms with E-state index in [2.05, 4.69) is 4.90 Å². The van der Waals surface area contributed by atoms with E-state index in [9.17, 15) is 9.18 Å². The van der Waals surface area contributed by atoms with E-state index in [0.717, 1.165) is 25.2 Å². The molecule has 2 atom stereocenters. The highest BCUT2D eigenvalue weighted by Crippen LogP contribution is 2.36. The van der Waals surface area contributed by atoms with Gasteiger partial charge in [0.05, 0.1) is 14.2 Å². The number of likely N-dealkylation sites (tertiary alicyclic amines) is 2. The molecule has 31 heavy (non-hydrogen) atoms. The number of nitrogens with zero attached hydrogens (tertiary/aromatic N) is 2. The second kappa shape index (κ2) is 9.69. The Morgan fingerprint density at radius 1 is 1.00 bits per heavy atom. The first-order chi connectivity index (χ1) is 15.1. The number of amides is 1. The van der Waals surface area contributed by atoms with Crippen LogP contribution in [0, 0.1) is 11.7 Å². The van der Waals surface area contributed by atoms with Crippen molar-refractivity contribution in [2.24, 2.45) is 5.92 Å². The lowest BCUT2D eigenvalue weighted by Crippen LogP contribution is -2.36. The molecule has 0 N–H and O–H groups in total. The van der Waals surface area contributed by atoms with E-state index >= 15 is 0 Å². The molecular weight excluding hydrogens is 395 g/mol. The molecule has 2 saturated heterocycles. The Morgan fingerprint density at radius 2 is 1.77 bits per heavy atom. The molecule has 0 saturated carbocycles. The Hall–Kier alpha value is -2.60. The second-order valence-electron chi connectivity index (χ2n) is 8.56. The number of halogens is 1. The summed E-state index contributed by atoms with van der Waals surface area (Å²) in [5, 5.41) is 0. The van der Waals surface area contributed by atoms with Crippen LogP contribution in [-0.2, 0) is 0 Å². The number of piperidine rings is 1. The smallest absolute Gasteiger partial charge is 0.254 e. The van der Waals surface area contributed by atoms with Gasteiger partial charge in [-0.05, 0) is 67.7 Å². The molecule has 0 radical (unpaired) electrons. The van der Waals surface area contributed by atoms with E-state index in [-0.39, 0.29) is 23.6 Å². The van der Waals surface area contributed by atoms with Crippen LogP contribution < -0.4 is 9.47 Å². The largest absolute Gasteiger partial charge is 0.493 e. The van der Waals surface area contributed by atoms with Crippen LogP contribution in [0.15, 0.2) is 42.5 Å². The number of hydrogen-bond acceptors (Lipinski definition) is 4. The Balaban J connectivity index is 1.56. The summed E-state index contributed by atoms with van der Waals surface area (Å²) in [6, 6.07) is 12.1. The van der Waals surface area contributed by atoms with Crippen LogP contribution in [0.2, 0.25) is 0 Å². The predicted octanol–water partition coefficient (Wildman–Crippen LogP) is 4.18. The van der Waals surface area contributed by atoms with Crippen LogP contribution in [0.25, 0.3) is 0 Å². The van der Waals surface area contributed by atoms with Gasteiger partial charge in [-0.15, -0.1) is 0 Å². The standard InChI is InChI=1S/C25H31FN2O3/c1-30-23-10-9-19(14-24(23)31-2)25(29)28-16-20(15-27-11-4-3-5-12-27)22(17-28)18-7-6-8-21(26)13-18/h6-10,13-14,20,22H,3-5,11-12,15-17H2,1-2H3/t20-,22-/m1/s1. The number of methoxy groups -OCH3 is 2. The molecule has 2 aromatic rings. The SMILES string of the molecule is COc1ccc(C(=O)N2C[C@@H](CN3CCCCC3)[C@@H](c3cccc(F)c3)C2)cc1OC. The van der Waals surface area contributed by atoms with Crippen molar-refractivity contribution in [1.29, 1.82) is 0 Å². The number of carbonyl (C=O) groups excluding carboxylic acids is 1. The molecule has 0 spiro atoms. The molecule has 0 aromatic heterocycles. The number of benzene rings is 2. The first-order valence-corrected chi connectivity index (χ1v) is 11.1. The van der Waals surface area contributed by atoms with E-state index in [1.807, 2.05) is 11.0 Å². The number of carbonyl (C=O) groups is 1. The van der Waals surface area contributed by atoms with Gasteiger partial charge in [0.15, 0.2) is 11.5 Å². The molecule has 0 aliphatic carbocycles. The normalized spacial score (nSPS) is 21.8. The Bertz CT molecular complexity index is 913. The molecular formula is C25H31FN2O3. The molecule has 2 aliphatic heterocycles. The molecule has 2 fully saturated rings. The van der Waals surface area contributed by atoms with Gasteiger partial charge in [0.25, 0.3) is 5.91 Å². The lowest BCUT2D eigenvalue weighted by atomic mass is 9.88. The zero-order chi connectivity index (χ0) is 21.8. The fourth-order valence-electron chi connectivity index (χ4n) is 4.96. The Labute approximate surface area is 183 Å². The average Bonchev–Trinajstić information content (AvgIpc) is 3.22. The number of rotatable bonds is 6. The van der Waals surface area contributed by atoms with E-state index in [1.165, 1.54) is 25.3 Å². The molecule has 166 valence electrons. The molecule has 5 nitrogen and oxygen atoms in total. The van der Waals surface area contributed by atoms with Gasteiger partial charge < -0.3 is 19.3 Å². The summed E-state index contributed by atoms with van der Waals surface area (Å²) < 4.78 is 24.6. The van der Waals surface area contributed by atoms with Gasteiger partial charge in [0.1, 0.15) is 5.82 Å². The number of hydrogen-bond donors (Lipinski definition) is 0. The highest BCUT2D eigenvalue weighted by Gasteiger charge is 2.37. The van der Waals surface area contributed by atoms with Crippen LogP contribution in [0.5, 0.6) is 11.5 Å². The first kappa shape index (κ1) is 21.6. The van der Waals surface area contributed by atoms with Gasteiger partial charge in [-0.3, -0.25) is 4.79 Å². The van der Waals surface area contributed by atoms with Gasteiger partial charge in [0, 0.05) is 31.1 Å². The molecule has 0 unspecified atom stereocenters. The van der Waals surface area contributed by atoms with Gasteiger partial charge >= 0.3 is 0 Å². The summed E-state index contributed by atoms with van der Waals surface area (Å²) in [4.78, 5) is 17.8. The maximum atomic E-state index is 14.0. The molecule has 0 bridgehead atoms. The summed E-state index contributed by atoms with van der Waals surface area (Å²) in [5.41, 5.74) is 1.55. The molecule has 6 heteroatoms. The quantitative estimate of drug-likeness (QED) is 0.695. The van der Waals surface area contributed by atoms with Crippen molar-refractivity contribution < 1.29 is 18.7 Å². The van der Waals surface area contributed by atoms with Crippen molar-refractivity contribution in [1.82, 2.24) is 9.80 Å². The van der Waals surface area contributed by atoms with Crippen molar-refractivity contribution in [2.45, 2.75) is 25.2 Å². The Kier molecular flexibility index (Phi) is 6.76. The second-order valence-corrected chi connectivity index (χ2v) is 8.56. The third-order valence-corrected chi connectivity index (χ3v) is 6.58. The maximum absolute atomic E-state index is 14.0. The summed E-state index contributed by atoms with van der Waals surface area (Å²) in [5.74, 6) is 1.30. The molecule has 1 amide bonds. The van der Waals surface area contributed by atoms with Crippen molar-refractivity contribution >= 4 is 5.91 Å². The average molecular weight is 427 g/mol. The van der Waals surface area contributed by atoms with Gasteiger partial charge in [-0.1, -0.05) is 18.6 Å². The van der Waals surface area contributed by atoms with Crippen LogP contribution in [0.3, 0.4) is 0 Å². The zero-order valence-corrected chi connectivity index (χ0v) is 18.4. The minimum absolute atomic E-state index is 0.0245. The van der Waals surface area contributed by atoms with Crippen LogP contribution in [-0.4, -0.2) is 62.7 Å². The fraction of sp³-hybridized carbons (Fsp3) is 0.480. The summed E-state index contributed by atoms with van der Waals surface area (Å²) in [6.45, 7) is 4.42. The van der Waals surface area contributed by atoms with Crippen molar-refractivity contribution in [3.63, 3.8) is 0 Å². The van der Waals surface area contributed by atoms with Crippen molar-refractivity contribution in [3.05, 3.63) is 59.4 Å². The van der Waals surface area contributed by atoms with Crippen molar-refractivity contribution in [2.75, 3.05) is 46.9 Å². The van der Waals surface area contributed by atoms with Gasteiger partial charge in [0.2, 0.25) is 0 Å². The zero-order valence-electron chi connectivity index (χ0n) is 18.4. The highest BCUT2D eigenvalue weighted by atomic mass is 19.1. The van der Waals surface area contributed by atoms with E-state index in [0.29, 0.717) is 30.2 Å². The van der Waals surface area contributed by atoms with Gasteiger partial charge in [-0.25, -0.2) is 4.39 Å². The summed E-state index contributed by atoms with van der Waals surface area (Å²) >= 11 is 0. The summed E-state index contributed by atoms with van der Waals surface area (Å²) in [7, 11) is 3.14. The van der Waals surface area contributed by atoms with E-state index in [1.54, 1.807) is 44.6 Å². The van der Waals surface area contributed by atoms with Gasteiger partial charge in [-0.2, -0.15) is 0 Å². The molecule has 2 aromatic carbocycles. The molecule has 4 rings (SSSR count). The van der Waals surface area contributed by atoms with Crippen LogP contribution in [0.1, 0.15) is 41.1 Å². The predicted molar refractivity (Wildman–Crippen MR) is 118 cm³/mol. The Morgan fingerprint density at radius 3 is 2.48 bits per heavy atom. The molecule has 2 heterocycles. The molecule has 2 aliphatic rings. The summed E-state index contributed by atoms with van der Waals surface area (Å²) in [6.07, 6.45) is 3.75. The lowest BCUT2D eigenvalue weighted by molar-refractivity contribution is 0.0781. The maximum Gasteiger partial charge on any atom is 0.254 e. The third kappa shape index (κ3) is 4.85. The van der Waals surface area contributed by atoms with Crippen LogP contribution >= 0.6 is 0 Å². The monoisotopic (exact) mass is 426 g/mol. The van der Waals surface area contributed by atoms with Crippen LogP contribution in [0.4, 0.5) is 4.39 Å². The minimum atomic E-state index is -0.223.